The van der Waals surface area contributed by atoms with Gasteiger partial charge in [0, 0.05) is 18.8 Å². The fraction of sp³-hybridized carbons (Fsp3) is 0.615. The fourth-order valence-corrected chi connectivity index (χ4v) is 2.43. The van der Waals surface area contributed by atoms with Crippen LogP contribution in [0.15, 0.2) is 6.07 Å². The Morgan fingerprint density at radius 3 is 3.10 bits per heavy atom. The van der Waals surface area contributed by atoms with Gasteiger partial charge in [-0.15, -0.1) is 0 Å². The number of halogens is 1. The Kier molecular flexibility index (Phi) is 5.28. The maximum Gasteiger partial charge on any atom is 0.308 e. The summed E-state index contributed by atoms with van der Waals surface area (Å²) < 4.78 is 10.2. The van der Waals surface area contributed by atoms with Gasteiger partial charge in [0.2, 0.25) is 0 Å². The number of carbonyl (C=O) groups is 1. The molecule has 7 heteroatoms. The first kappa shape index (κ1) is 15.2. The summed E-state index contributed by atoms with van der Waals surface area (Å²) in [6.45, 7) is 4.51. The standard InChI is InChI=1S/C13H18ClN3O3/c1-9-5-11(14)16-12(15-9)8-17-3-4-20-10(7-17)6-13(18)19-2/h5,10H,3-4,6-8H2,1-2H3. The van der Waals surface area contributed by atoms with Crippen molar-refractivity contribution < 1.29 is 14.3 Å². The number of aryl methyl sites for hydroxylation is 1. The van der Waals surface area contributed by atoms with Crippen LogP contribution in [0.25, 0.3) is 0 Å². The zero-order chi connectivity index (χ0) is 14.5. The molecule has 1 aromatic heterocycles. The first-order chi connectivity index (χ1) is 9.56. The average Bonchev–Trinajstić information content (AvgIpc) is 2.37. The molecule has 2 rings (SSSR count). The highest BCUT2D eigenvalue weighted by molar-refractivity contribution is 6.29. The van der Waals surface area contributed by atoms with Crippen LogP contribution < -0.4 is 0 Å². The quantitative estimate of drug-likeness (QED) is 0.615. The van der Waals surface area contributed by atoms with E-state index < -0.39 is 0 Å². The van der Waals surface area contributed by atoms with Crippen LogP contribution >= 0.6 is 11.6 Å². The van der Waals surface area contributed by atoms with Crippen molar-refractivity contribution in [2.45, 2.75) is 26.0 Å². The molecule has 0 aliphatic carbocycles. The summed E-state index contributed by atoms with van der Waals surface area (Å²) in [6, 6.07) is 1.73. The largest absolute Gasteiger partial charge is 0.469 e. The van der Waals surface area contributed by atoms with E-state index in [0.717, 1.165) is 12.2 Å². The van der Waals surface area contributed by atoms with Gasteiger partial charge in [0.15, 0.2) is 0 Å². The minimum Gasteiger partial charge on any atom is -0.469 e. The van der Waals surface area contributed by atoms with Gasteiger partial charge in [0.25, 0.3) is 0 Å². The zero-order valence-corrected chi connectivity index (χ0v) is 12.4. The summed E-state index contributed by atoms with van der Waals surface area (Å²) in [4.78, 5) is 22.0. The van der Waals surface area contributed by atoms with Gasteiger partial charge in [0.05, 0.1) is 32.8 Å². The van der Waals surface area contributed by atoms with Gasteiger partial charge in [0.1, 0.15) is 11.0 Å². The minimum absolute atomic E-state index is 0.142. The SMILES string of the molecule is COC(=O)CC1CN(Cc2nc(C)cc(Cl)n2)CCO1. The lowest BCUT2D eigenvalue weighted by atomic mass is 10.2. The number of morpholine rings is 1. The molecule has 20 heavy (non-hydrogen) atoms. The molecule has 1 atom stereocenters. The van der Waals surface area contributed by atoms with Gasteiger partial charge >= 0.3 is 5.97 Å². The molecule has 0 saturated carbocycles. The molecule has 1 aliphatic heterocycles. The predicted octanol–water partition coefficient (Wildman–Crippen LogP) is 1.20. The highest BCUT2D eigenvalue weighted by Crippen LogP contribution is 2.13. The molecule has 0 radical (unpaired) electrons. The third kappa shape index (κ3) is 4.40. The second kappa shape index (κ2) is 6.97. The van der Waals surface area contributed by atoms with Crippen LogP contribution in [0.4, 0.5) is 0 Å². The molecule has 1 saturated heterocycles. The van der Waals surface area contributed by atoms with E-state index in [9.17, 15) is 4.79 Å². The summed E-state index contributed by atoms with van der Waals surface area (Å²) in [5.74, 6) is 0.431. The van der Waals surface area contributed by atoms with Gasteiger partial charge in [-0.05, 0) is 13.0 Å². The molecule has 0 aromatic carbocycles. The third-order valence-electron chi connectivity index (χ3n) is 3.08. The lowest BCUT2D eigenvalue weighted by Crippen LogP contribution is -2.43. The molecular weight excluding hydrogens is 282 g/mol. The van der Waals surface area contributed by atoms with Crippen molar-refractivity contribution in [2.75, 3.05) is 26.8 Å². The van der Waals surface area contributed by atoms with Crippen LogP contribution in [-0.2, 0) is 20.8 Å². The van der Waals surface area contributed by atoms with Gasteiger partial charge in [-0.2, -0.15) is 0 Å². The lowest BCUT2D eigenvalue weighted by Gasteiger charge is -2.31. The number of esters is 1. The minimum atomic E-state index is -0.258. The van der Waals surface area contributed by atoms with E-state index in [1.54, 1.807) is 6.07 Å². The van der Waals surface area contributed by atoms with Gasteiger partial charge in [-0.1, -0.05) is 11.6 Å². The maximum absolute atomic E-state index is 11.3. The van der Waals surface area contributed by atoms with E-state index in [2.05, 4.69) is 19.6 Å². The number of hydrogen-bond donors (Lipinski definition) is 0. The first-order valence-corrected chi connectivity index (χ1v) is 6.85. The molecular formula is C13H18ClN3O3. The number of ether oxygens (including phenoxy) is 2. The van der Waals surface area contributed by atoms with E-state index in [1.165, 1.54) is 7.11 Å². The summed E-state index contributed by atoms with van der Waals surface area (Å²) in [5, 5.41) is 0.451. The summed E-state index contributed by atoms with van der Waals surface area (Å²) in [5.41, 5.74) is 0.847. The summed E-state index contributed by atoms with van der Waals surface area (Å²) >= 11 is 5.93. The van der Waals surface area contributed by atoms with Crippen molar-refractivity contribution in [3.8, 4) is 0 Å². The van der Waals surface area contributed by atoms with Crippen LogP contribution in [0.3, 0.4) is 0 Å². The maximum atomic E-state index is 11.3. The van der Waals surface area contributed by atoms with Crippen LogP contribution in [0.2, 0.25) is 5.15 Å². The normalized spacial score (nSPS) is 19.9. The van der Waals surface area contributed by atoms with Gasteiger partial charge in [-0.3, -0.25) is 9.69 Å². The van der Waals surface area contributed by atoms with E-state index in [-0.39, 0.29) is 18.5 Å². The van der Waals surface area contributed by atoms with Crippen molar-refractivity contribution in [3.05, 3.63) is 22.7 Å². The molecule has 6 nitrogen and oxygen atoms in total. The molecule has 0 bridgehead atoms. The molecule has 1 aliphatic rings. The van der Waals surface area contributed by atoms with E-state index in [1.807, 2.05) is 6.92 Å². The number of aromatic nitrogens is 2. The van der Waals surface area contributed by atoms with Crippen molar-refractivity contribution in [1.82, 2.24) is 14.9 Å². The Bertz CT molecular complexity index is 464. The number of rotatable bonds is 4. The number of carbonyl (C=O) groups excluding carboxylic acids is 1. The smallest absolute Gasteiger partial charge is 0.308 e. The summed E-state index contributed by atoms with van der Waals surface area (Å²) in [6.07, 6.45) is 0.124. The Morgan fingerprint density at radius 2 is 2.40 bits per heavy atom. The summed E-state index contributed by atoms with van der Waals surface area (Å²) in [7, 11) is 1.38. The second-order valence-electron chi connectivity index (χ2n) is 4.76. The molecule has 1 unspecified atom stereocenters. The van der Waals surface area contributed by atoms with Crippen LogP contribution in [0.1, 0.15) is 17.9 Å². The van der Waals surface area contributed by atoms with E-state index in [0.29, 0.717) is 30.7 Å². The molecule has 2 heterocycles. The van der Waals surface area contributed by atoms with E-state index >= 15 is 0 Å². The Labute approximate surface area is 123 Å². The van der Waals surface area contributed by atoms with Crippen molar-refractivity contribution in [3.63, 3.8) is 0 Å². The Balaban J connectivity index is 1.93. The molecule has 1 aromatic rings. The number of methoxy groups -OCH3 is 1. The van der Waals surface area contributed by atoms with Gasteiger partial charge in [-0.25, -0.2) is 9.97 Å². The van der Waals surface area contributed by atoms with Crippen LogP contribution in [0.5, 0.6) is 0 Å². The molecule has 1 fully saturated rings. The monoisotopic (exact) mass is 299 g/mol. The number of hydrogen-bond acceptors (Lipinski definition) is 6. The topological polar surface area (TPSA) is 64.5 Å². The molecule has 0 amide bonds. The lowest BCUT2D eigenvalue weighted by molar-refractivity contribution is -0.145. The molecule has 0 spiro atoms. The number of nitrogens with zero attached hydrogens (tertiary/aromatic N) is 3. The fourth-order valence-electron chi connectivity index (χ4n) is 2.18. The molecule has 0 N–H and O–H groups in total. The van der Waals surface area contributed by atoms with Gasteiger partial charge < -0.3 is 9.47 Å². The highest BCUT2D eigenvalue weighted by atomic mass is 35.5. The van der Waals surface area contributed by atoms with Crippen LogP contribution in [0, 0.1) is 6.92 Å². The predicted molar refractivity (Wildman–Crippen MR) is 73.4 cm³/mol. The Morgan fingerprint density at radius 1 is 1.60 bits per heavy atom. The highest BCUT2D eigenvalue weighted by Gasteiger charge is 2.23. The molecule has 110 valence electrons. The zero-order valence-electron chi connectivity index (χ0n) is 11.6. The van der Waals surface area contributed by atoms with Crippen molar-refractivity contribution in [1.29, 1.82) is 0 Å². The average molecular weight is 300 g/mol. The third-order valence-corrected chi connectivity index (χ3v) is 3.27. The van der Waals surface area contributed by atoms with Crippen molar-refractivity contribution >= 4 is 17.6 Å². The van der Waals surface area contributed by atoms with Crippen LogP contribution in [-0.4, -0.2) is 53.7 Å². The Hall–Kier alpha value is -1.24. The van der Waals surface area contributed by atoms with E-state index in [4.69, 9.17) is 16.3 Å². The van der Waals surface area contributed by atoms with Crippen molar-refractivity contribution in [2.24, 2.45) is 0 Å². The second-order valence-corrected chi connectivity index (χ2v) is 5.14. The first-order valence-electron chi connectivity index (χ1n) is 6.47.